The van der Waals surface area contributed by atoms with Crippen LogP contribution in [0, 0.1) is 11.3 Å². The van der Waals surface area contributed by atoms with Gasteiger partial charge in [0.2, 0.25) is 5.91 Å². The van der Waals surface area contributed by atoms with Crippen LogP contribution >= 0.6 is 11.3 Å². The van der Waals surface area contributed by atoms with Gasteiger partial charge in [0.15, 0.2) is 0 Å². The van der Waals surface area contributed by atoms with Crippen LogP contribution in [0.15, 0.2) is 41.1 Å². The predicted octanol–water partition coefficient (Wildman–Crippen LogP) is 3.42. The number of carbonyl (C=O) groups excluding carboxylic acids is 1. The van der Waals surface area contributed by atoms with Crippen LogP contribution in [0.2, 0.25) is 0 Å². The standard InChI is InChI=1S/C19H21N3OS/c1-21(12-16-5-2-4-15(10-16)11-20)13-19(23)22-8-3-6-18(22)17-7-9-24-14-17/h2,4-5,7,9-10,14,18H,3,6,8,12-13H2,1H3/t18-/m0/s1. The monoisotopic (exact) mass is 339 g/mol. The molecular weight excluding hydrogens is 318 g/mol. The van der Waals surface area contributed by atoms with Gasteiger partial charge in [-0.2, -0.15) is 16.6 Å². The number of rotatable bonds is 5. The molecule has 5 heteroatoms. The number of carbonyl (C=O) groups is 1. The van der Waals surface area contributed by atoms with Crippen molar-refractivity contribution in [2.24, 2.45) is 0 Å². The van der Waals surface area contributed by atoms with Crippen molar-refractivity contribution < 1.29 is 4.79 Å². The van der Waals surface area contributed by atoms with E-state index in [2.05, 4.69) is 22.9 Å². The van der Waals surface area contributed by atoms with Crippen LogP contribution in [0.4, 0.5) is 0 Å². The Morgan fingerprint density at radius 1 is 1.46 bits per heavy atom. The van der Waals surface area contributed by atoms with Crippen molar-refractivity contribution in [1.29, 1.82) is 5.26 Å². The van der Waals surface area contributed by atoms with E-state index < -0.39 is 0 Å². The zero-order valence-electron chi connectivity index (χ0n) is 13.8. The number of thiophene rings is 1. The minimum Gasteiger partial charge on any atom is -0.335 e. The van der Waals surface area contributed by atoms with Gasteiger partial charge in [0.1, 0.15) is 0 Å². The first-order valence-corrected chi connectivity index (χ1v) is 9.11. The van der Waals surface area contributed by atoms with Gasteiger partial charge in [0.05, 0.1) is 24.2 Å². The molecule has 1 amide bonds. The van der Waals surface area contributed by atoms with E-state index in [9.17, 15) is 4.79 Å². The zero-order chi connectivity index (χ0) is 16.9. The van der Waals surface area contributed by atoms with E-state index in [4.69, 9.17) is 5.26 Å². The summed E-state index contributed by atoms with van der Waals surface area (Å²) in [5, 5.41) is 13.2. The van der Waals surface area contributed by atoms with E-state index in [1.807, 2.05) is 35.0 Å². The van der Waals surface area contributed by atoms with Crippen LogP contribution in [-0.2, 0) is 11.3 Å². The van der Waals surface area contributed by atoms with Crippen LogP contribution < -0.4 is 0 Å². The Balaban J connectivity index is 1.60. The summed E-state index contributed by atoms with van der Waals surface area (Å²) in [6, 6.07) is 12.1. The molecule has 1 saturated heterocycles. The summed E-state index contributed by atoms with van der Waals surface area (Å²) in [5.41, 5.74) is 2.97. The second kappa shape index (κ2) is 7.61. The third-order valence-corrected chi connectivity index (χ3v) is 5.12. The van der Waals surface area contributed by atoms with Gasteiger partial charge in [-0.15, -0.1) is 0 Å². The normalized spacial score (nSPS) is 17.2. The predicted molar refractivity (Wildman–Crippen MR) is 95.5 cm³/mol. The molecule has 1 aromatic heterocycles. The van der Waals surface area contributed by atoms with E-state index in [-0.39, 0.29) is 11.9 Å². The van der Waals surface area contributed by atoms with Gasteiger partial charge in [-0.25, -0.2) is 0 Å². The van der Waals surface area contributed by atoms with Crippen molar-refractivity contribution >= 4 is 17.2 Å². The second-order valence-electron chi connectivity index (χ2n) is 6.29. The molecule has 4 nitrogen and oxygen atoms in total. The first-order chi connectivity index (χ1) is 11.7. The number of benzene rings is 1. The van der Waals surface area contributed by atoms with Gasteiger partial charge in [-0.3, -0.25) is 9.69 Å². The Hall–Kier alpha value is -2.16. The molecular formula is C19H21N3OS. The van der Waals surface area contributed by atoms with E-state index in [0.29, 0.717) is 18.7 Å². The summed E-state index contributed by atoms with van der Waals surface area (Å²) >= 11 is 1.68. The molecule has 0 unspecified atom stereocenters. The lowest BCUT2D eigenvalue weighted by atomic mass is 10.1. The fourth-order valence-electron chi connectivity index (χ4n) is 3.30. The molecule has 124 valence electrons. The van der Waals surface area contributed by atoms with Crippen molar-refractivity contribution in [2.45, 2.75) is 25.4 Å². The summed E-state index contributed by atoms with van der Waals surface area (Å²) in [6.07, 6.45) is 2.12. The average Bonchev–Trinajstić information content (AvgIpc) is 3.25. The van der Waals surface area contributed by atoms with Gasteiger partial charge in [-0.05, 0) is 60.0 Å². The molecule has 0 bridgehead atoms. The Morgan fingerprint density at radius 3 is 3.08 bits per heavy atom. The summed E-state index contributed by atoms with van der Waals surface area (Å²) in [7, 11) is 1.95. The van der Waals surface area contributed by atoms with E-state index in [1.165, 1.54) is 5.56 Å². The molecule has 0 aliphatic carbocycles. The molecule has 0 saturated carbocycles. The van der Waals surface area contributed by atoms with Gasteiger partial charge in [0.25, 0.3) is 0 Å². The topological polar surface area (TPSA) is 47.3 Å². The number of nitrogens with zero attached hydrogens (tertiary/aromatic N) is 3. The first-order valence-electron chi connectivity index (χ1n) is 8.16. The highest BCUT2D eigenvalue weighted by molar-refractivity contribution is 7.07. The summed E-state index contributed by atoms with van der Waals surface area (Å²) < 4.78 is 0. The molecule has 24 heavy (non-hydrogen) atoms. The van der Waals surface area contributed by atoms with Gasteiger partial charge < -0.3 is 4.90 Å². The smallest absolute Gasteiger partial charge is 0.237 e. The van der Waals surface area contributed by atoms with E-state index in [0.717, 1.165) is 24.9 Å². The van der Waals surface area contributed by atoms with Crippen LogP contribution in [-0.4, -0.2) is 35.8 Å². The number of amides is 1. The maximum atomic E-state index is 12.7. The molecule has 0 N–H and O–H groups in total. The molecule has 2 heterocycles. The van der Waals surface area contributed by atoms with Crippen molar-refractivity contribution in [3.63, 3.8) is 0 Å². The van der Waals surface area contributed by atoms with Crippen molar-refractivity contribution in [2.75, 3.05) is 20.1 Å². The van der Waals surface area contributed by atoms with Crippen LogP contribution in [0.1, 0.15) is 35.6 Å². The number of likely N-dealkylation sites (N-methyl/N-ethyl adjacent to an activating group) is 1. The zero-order valence-corrected chi connectivity index (χ0v) is 14.6. The van der Waals surface area contributed by atoms with Gasteiger partial charge >= 0.3 is 0 Å². The summed E-state index contributed by atoms with van der Waals surface area (Å²) in [6.45, 7) is 1.91. The van der Waals surface area contributed by atoms with Crippen molar-refractivity contribution in [3.05, 3.63) is 57.8 Å². The minimum atomic E-state index is 0.183. The van der Waals surface area contributed by atoms with Gasteiger partial charge in [-0.1, -0.05) is 12.1 Å². The average molecular weight is 339 g/mol. The fraction of sp³-hybridized carbons (Fsp3) is 0.368. The molecule has 0 spiro atoms. The maximum absolute atomic E-state index is 12.7. The van der Waals surface area contributed by atoms with Crippen LogP contribution in [0.25, 0.3) is 0 Å². The Bertz CT molecular complexity index is 735. The van der Waals surface area contributed by atoms with E-state index in [1.54, 1.807) is 17.4 Å². The van der Waals surface area contributed by atoms with Crippen LogP contribution in [0.5, 0.6) is 0 Å². The minimum absolute atomic E-state index is 0.183. The van der Waals surface area contributed by atoms with E-state index >= 15 is 0 Å². The Labute approximate surface area is 146 Å². The summed E-state index contributed by atoms with van der Waals surface area (Å²) in [4.78, 5) is 16.7. The van der Waals surface area contributed by atoms with Crippen LogP contribution in [0.3, 0.4) is 0 Å². The first kappa shape index (κ1) is 16.7. The number of likely N-dealkylation sites (tertiary alicyclic amines) is 1. The number of nitriles is 1. The third-order valence-electron chi connectivity index (χ3n) is 4.41. The fourth-order valence-corrected chi connectivity index (χ4v) is 4.01. The van der Waals surface area contributed by atoms with Crippen molar-refractivity contribution in [3.8, 4) is 6.07 Å². The molecule has 1 atom stereocenters. The number of hydrogen-bond donors (Lipinski definition) is 0. The highest BCUT2D eigenvalue weighted by atomic mass is 32.1. The molecule has 2 aromatic rings. The highest BCUT2D eigenvalue weighted by Gasteiger charge is 2.30. The van der Waals surface area contributed by atoms with Gasteiger partial charge in [0, 0.05) is 13.1 Å². The second-order valence-corrected chi connectivity index (χ2v) is 7.07. The SMILES string of the molecule is CN(CC(=O)N1CCC[C@H]1c1ccsc1)Cc1cccc(C#N)c1. The molecule has 1 aliphatic heterocycles. The lowest BCUT2D eigenvalue weighted by Crippen LogP contribution is -2.38. The molecule has 1 fully saturated rings. The molecule has 1 aromatic carbocycles. The Morgan fingerprint density at radius 2 is 2.33 bits per heavy atom. The number of hydrogen-bond acceptors (Lipinski definition) is 4. The van der Waals surface area contributed by atoms with Crippen molar-refractivity contribution in [1.82, 2.24) is 9.80 Å². The maximum Gasteiger partial charge on any atom is 0.237 e. The quantitative estimate of drug-likeness (QED) is 0.838. The lowest BCUT2D eigenvalue weighted by Gasteiger charge is -2.27. The Kier molecular flexibility index (Phi) is 5.29. The highest BCUT2D eigenvalue weighted by Crippen LogP contribution is 2.33. The third kappa shape index (κ3) is 3.84. The lowest BCUT2D eigenvalue weighted by molar-refractivity contribution is -0.133. The molecule has 3 rings (SSSR count). The summed E-state index contributed by atoms with van der Waals surface area (Å²) in [5.74, 6) is 0.183. The molecule has 0 radical (unpaired) electrons. The largest absolute Gasteiger partial charge is 0.335 e. The molecule has 1 aliphatic rings.